The van der Waals surface area contributed by atoms with E-state index in [1.807, 2.05) is 24.0 Å². The molecule has 0 fully saturated rings. The fourth-order valence-electron chi connectivity index (χ4n) is 1.45. The fourth-order valence-corrected chi connectivity index (χ4v) is 1.45. The van der Waals surface area contributed by atoms with Gasteiger partial charge in [0.1, 0.15) is 0 Å². The predicted octanol–water partition coefficient (Wildman–Crippen LogP) is 1.33. The summed E-state index contributed by atoms with van der Waals surface area (Å²) in [5.41, 5.74) is 1.11. The molecule has 1 aromatic heterocycles. The van der Waals surface area contributed by atoms with Crippen molar-refractivity contribution >= 4 is 0 Å². The van der Waals surface area contributed by atoms with E-state index in [1.165, 1.54) is 12.8 Å². The van der Waals surface area contributed by atoms with E-state index >= 15 is 0 Å². The number of unbranched alkanes of at least 4 members (excludes halogenated alkanes) is 2. The van der Waals surface area contributed by atoms with E-state index in [-0.39, 0.29) is 0 Å². The first kappa shape index (κ1) is 12.2. The predicted molar refractivity (Wildman–Crippen MR) is 60.6 cm³/mol. The number of nitrogens with one attached hydrogen (secondary N) is 1. The van der Waals surface area contributed by atoms with Gasteiger partial charge < -0.3 is 10.1 Å². The lowest BCUT2D eigenvalue weighted by atomic mass is 10.2. The molecular formula is C11H21N3O. The number of rotatable bonds is 8. The van der Waals surface area contributed by atoms with Crippen LogP contribution in [0.25, 0.3) is 0 Å². The second kappa shape index (κ2) is 7.43. The third-order valence-corrected chi connectivity index (χ3v) is 2.28. The van der Waals surface area contributed by atoms with Crippen LogP contribution >= 0.6 is 0 Å². The zero-order valence-electron chi connectivity index (χ0n) is 9.70. The molecule has 0 aliphatic carbocycles. The van der Waals surface area contributed by atoms with Gasteiger partial charge in [0.05, 0.1) is 5.69 Å². The number of aryl methyl sites for hydroxylation is 1. The lowest BCUT2D eigenvalue weighted by Crippen LogP contribution is -2.15. The Kier molecular flexibility index (Phi) is 6.04. The van der Waals surface area contributed by atoms with Crippen molar-refractivity contribution in [3.05, 3.63) is 18.0 Å². The number of aromatic nitrogens is 2. The van der Waals surface area contributed by atoms with Gasteiger partial charge in [-0.2, -0.15) is 5.10 Å². The maximum Gasteiger partial charge on any atom is 0.0762 e. The Morgan fingerprint density at radius 1 is 1.40 bits per heavy atom. The molecule has 86 valence electrons. The molecule has 0 aliphatic heterocycles. The quantitative estimate of drug-likeness (QED) is 0.659. The van der Waals surface area contributed by atoms with Crippen LogP contribution in [-0.2, 0) is 18.3 Å². The summed E-state index contributed by atoms with van der Waals surface area (Å²) in [7, 11) is 3.69. The van der Waals surface area contributed by atoms with Gasteiger partial charge in [0.15, 0.2) is 0 Å². The number of ether oxygens (including phenoxy) is 1. The molecule has 0 aromatic carbocycles. The summed E-state index contributed by atoms with van der Waals surface area (Å²) in [4.78, 5) is 0. The minimum atomic E-state index is 0.866. The first-order valence-electron chi connectivity index (χ1n) is 5.51. The van der Waals surface area contributed by atoms with Gasteiger partial charge in [-0.15, -0.1) is 0 Å². The molecule has 1 N–H and O–H groups in total. The largest absolute Gasteiger partial charge is 0.385 e. The summed E-state index contributed by atoms with van der Waals surface area (Å²) >= 11 is 0. The van der Waals surface area contributed by atoms with Crippen LogP contribution in [0.4, 0.5) is 0 Å². The van der Waals surface area contributed by atoms with Gasteiger partial charge in [-0.25, -0.2) is 0 Å². The van der Waals surface area contributed by atoms with Crippen molar-refractivity contribution in [3.63, 3.8) is 0 Å². The summed E-state index contributed by atoms with van der Waals surface area (Å²) in [5.74, 6) is 0. The van der Waals surface area contributed by atoms with Crippen LogP contribution in [0.5, 0.6) is 0 Å². The van der Waals surface area contributed by atoms with Crippen LogP contribution in [0, 0.1) is 0 Å². The molecule has 0 bridgehead atoms. The van der Waals surface area contributed by atoms with Crippen LogP contribution in [0.15, 0.2) is 12.3 Å². The second-order valence-corrected chi connectivity index (χ2v) is 3.71. The normalized spacial score (nSPS) is 10.8. The molecular weight excluding hydrogens is 190 g/mol. The monoisotopic (exact) mass is 211 g/mol. The van der Waals surface area contributed by atoms with Crippen LogP contribution in [0.1, 0.15) is 25.0 Å². The topological polar surface area (TPSA) is 39.1 Å². The minimum absolute atomic E-state index is 0.866. The van der Waals surface area contributed by atoms with Gasteiger partial charge in [-0.3, -0.25) is 4.68 Å². The number of hydrogen-bond acceptors (Lipinski definition) is 3. The first-order valence-corrected chi connectivity index (χ1v) is 5.51. The van der Waals surface area contributed by atoms with Crippen molar-refractivity contribution in [2.75, 3.05) is 20.3 Å². The third-order valence-electron chi connectivity index (χ3n) is 2.28. The molecule has 0 radical (unpaired) electrons. The average molecular weight is 211 g/mol. The smallest absolute Gasteiger partial charge is 0.0762 e. The number of hydrogen-bond donors (Lipinski definition) is 1. The Morgan fingerprint density at radius 2 is 2.27 bits per heavy atom. The molecule has 4 heteroatoms. The Bertz CT molecular complexity index is 260. The molecule has 0 spiro atoms. The highest BCUT2D eigenvalue weighted by Crippen LogP contribution is 1.96. The Balaban J connectivity index is 1.93. The number of methoxy groups -OCH3 is 1. The van der Waals surface area contributed by atoms with Crippen molar-refractivity contribution in [2.24, 2.45) is 7.05 Å². The van der Waals surface area contributed by atoms with E-state index in [1.54, 1.807) is 7.11 Å². The molecule has 1 rings (SSSR count). The van der Waals surface area contributed by atoms with Crippen molar-refractivity contribution < 1.29 is 4.74 Å². The van der Waals surface area contributed by atoms with Gasteiger partial charge in [-0.1, -0.05) is 0 Å². The van der Waals surface area contributed by atoms with Gasteiger partial charge in [-0.05, 0) is 31.9 Å². The lowest BCUT2D eigenvalue weighted by Gasteiger charge is -2.02. The van der Waals surface area contributed by atoms with Gasteiger partial charge in [0, 0.05) is 33.5 Å². The fraction of sp³-hybridized carbons (Fsp3) is 0.727. The second-order valence-electron chi connectivity index (χ2n) is 3.71. The standard InChI is InChI=1S/C11H21N3O/c1-14-8-6-11(13-14)10-12-7-4-3-5-9-15-2/h6,8,12H,3-5,7,9-10H2,1-2H3. The minimum Gasteiger partial charge on any atom is -0.385 e. The summed E-state index contributed by atoms with van der Waals surface area (Å²) in [5, 5.41) is 7.67. The van der Waals surface area contributed by atoms with E-state index in [9.17, 15) is 0 Å². The van der Waals surface area contributed by atoms with Crippen molar-refractivity contribution in [2.45, 2.75) is 25.8 Å². The molecule has 0 unspecified atom stereocenters. The summed E-state index contributed by atoms with van der Waals surface area (Å²) < 4.78 is 6.82. The SMILES string of the molecule is COCCCCCNCc1ccn(C)n1. The maximum absolute atomic E-state index is 4.99. The average Bonchev–Trinajstić information content (AvgIpc) is 2.63. The Morgan fingerprint density at radius 3 is 2.93 bits per heavy atom. The molecule has 15 heavy (non-hydrogen) atoms. The summed E-state index contributed by atoms with van der Waals surface area (Å²) in [6.07, 6.45) is 5.55. The van der Waals surface area contributed by atoms with E-state index in [4.69, 9.17) is 4.74 Å². The van der Waals surface area contributed by atoms with Gasteiger partial charge in [0.25, 0.3) is 0 Å². The lowest BCUT2D eigenvalue weighted by molar-refractivity contribution is 0.192. The van der Waals surface area contributed by atoms with Crippen LogP contribution < -0.4 is 5.32 Å². The molecule has 1 aromatic rings. The van der Waals surface area contributed by atoms with Gasteiger partial charge in [0.2, 0.25) is 0 Å². The summed E-state index contributed by atoms with van der Waals surface area (Å²) in [6.45, 7) is 2.80. The Labute approximate surface area is 91.6 Å². The van der Waals surface area contributed by atoms with Gasteiger partial charge >= 0.3 is 0 Å². The van der Waals surface area contributed by atoms with Crippen LogP contribution in [0.2, 0.25) is 0 Å². The van der Waals surface area contributed by atoms with E-state index in [0.29, 0.717) is 0 Å². The highest BCUT2D eigenvalue weighted by Gasteiger charge is 1.95. The van der Waals surface area contributed by atoms with Crippen molar-refractivity contribution in [3.8, 4) is 0 Å². The van der Waals surface area contributed by atoms with Crippen molar-refractivity contribution in [1.29, 1.82) is 0 Å². The third kappa shape index (κ3) is 5.54. The molecule has 0 amide bonds. The van der Waals surface area contributed by atoms with E-state index < -0.39 is 0 Å². The molecule has 0 aliphatic rings. The zero-order valence-corrected chi connectivity index (χ0v) is 9.70. The molecule has 4 nitrogen and oxygen atoms in total. The van der Waals surface area contributed by atoms with E-state index in [2.05, 4.69) is 10.4 Å². The molecule has 0 saturated heterocycles. The van der Waals surface area contributed by atoms with Crippen LogP contribution in [0.3, 0.4) is 0 Å². The Hall–Kier alpha value is -0.870. The molecule has 1 heterocycles. The maximum atomic E-state index is 4.99. The molecule has 0 saturated carbocycles. The first-order chi connectivity index (χ1) is 7.33. The highest BCUT2D eigenvalue weighted by molar-refractivity contribution is 4.97. The summed E-state index contributed by atoms with van der Waals surface area (Å²) in [6, 6.07) is 2.04. The highest BCUT2D eigenvalue weighted by atomic mass is 16.5. The zero-order chi connectivity index (χ0) is 10.9. The molecule has 0 atom stereocenters. The van der Waals surface area contributed by atoms with Crippen LogP contribution in [-0.4, -0.2) is 30.0 Å². The number of nitrogens with zero attached hydrogens (tertiary/aromatic N) is 2. The van der Waals surface area contributed by atoms with Crippen molar-refractivity contribution in [1.82, 2.24) is 15.1 Å². The van der Waals surface area contributed by atoms with E-state index in [0.717, 1.165) is 31.8 Å².